The van der Waals surface area contributed by atoms with E-state index in [1.54, 1.807) is 30.3 Å². The first-order chi connectivity index (χ1) is 11.5. The number of amides is 1. The lowest BCUT2D eigenvalue weighted by Crippen LogP contribution is -2.46. The van der Waals surface area contributed by atoms with Gasteiger partial charge in [0.2, 0.25) is 10.0 Å². The molecule has 1 aromatic carbocycles. The van der Waals surface area contributed by atoms with E-state index in [0.717, 1.165) is 5.56 Å². The summed E-state index contributed by atoms with van der Waals surface area (Å²) in [7, 11) is -3.47. The minimum Gasteiger partial charge on any atom is -0.348 e. The molecule has 0 atom stereocenters. The van der Waals surface area contributed by atoms with Crippen LogP contribution in [0.15, 0.2) is 41.4 Å². The van der Waals surface area contributed by atoms with E-state index in [1.165, 1.54) is 10.5 Å². The first kappa shape index (κ1) is 16.7. The molecular weight excluding hydrogens is 328 g/mol. The van der Waals surface area contributed by atoms with Gasteiger partial charge in [0.1, 0.15) is 5.69 Å². The van der Waals surface area contributed by atoms with Crippen molar-refractivity contribution < 1.29 is 13.2 Å². The van der Waals surface area contributed by atoms with Gasteiger partial charge in [0.05, 0.1) is 4.90 Å². The Kier molecular flexibility index (Phi) is 4.68. The fourth-order valence-electron chi connectivity index (χ4n) is 2.75. The van der Waals surface area contributed by atoms with Gasteiger partial charge in [0.25, 0.3) is 5.91 Å². The highest BCUT2D eigenvalue weighted by atomic mass is 32.2. The summed E-state index contributed by atoms with van der Waals surface area (Å²) in [5.41, 5.74) is 1.43. The van der Waals surface area contributed by atoms with Gasteiger partial charge in [-0.3, -0.25) is 9.89 Å². The van der Waals surface area contributed by atoms with E-state index >= 15 is 0 Å². The molecule has 1 aliphatic heterocycles. The lowest BCUT2D eigenvalue weighted by Gasteiger charge is -2.31. The van der Waals surface area contributed by atoms with Crippen LogP contribution in [-0.4, -0.2) is 48.0 Å². The lowest BCUT2D eigenvalue weighted by atomic mass is 10.1. The molecule has 24 heavy (non-hydrogen) atoms. The SMILES string of the molecule is Cc1ccc(S(=O)(=O)N2CCC(NC(=O)c3ccn[nH]3)CC2)cc1. The molecule has 1 aromatic heterocycles. The van der Waals surface area contributed by atoms with Crippen molar-refractivity contribution in [2.24, 2.45) is 0 Å². The second kappa shape index (κ2) is 6.74. The zero-order chi connectivity index (χ0) is 17.2. The summed E-state index contributed by atoms with van der Waals surface area (Å²) >= 11 is 0. The van der Waals surface area contributed by atoms with Crippen molar-refractivity contribution in [2.75, 3.05) is 13.1 Å². The van der Waals surface area contributed by atoms with Gasteiger partial charge >= 0.3 is 0 Å². The van der Waals surface area contributed by atoms with Gasteiger partial charge in [-0.05, 0) is 38.0 Å². The van der Waals surface area contributed by atoms with E-state index in [1.807, 2.05) is 6.92 Å². The third-order valence-corrected chi connectivity index (χ3v) is 6.11. The molecule has 8 heteroatoms. The highest BCUT2D eigenvalue weighted by molar-refractivity contribution is 7.89. The fourth-order valence-corrected chi connectivity index (χ4v) is 4.21. The van der Waals surface area contributed by atoms with Crippen molar-refractivity contribution in [3.63, 3.8) is 0 Å². The minimum atomic E-state index is -3.47. The Hall–Kier alpha value is -2.19. The van der Waals surface area contributed by atoms with Gasteiger partial charge in [-0.2, -0.15) is 9.40 Å². The monoisotopic (exact) mass is 348 g/mol. The number of carbonyl (C=O) groups is 1. The number of hydrogen-bond donors (Lipinski definition) is 2. The molecule has 3 rings (SSSR count). The Labute approximate surface area is 141 Å². The summed E-state index contributed by atoms with van der Waals surface area (Å²) in [6.45, 7) is 2.71. The van der Waals surface area contributed by atoms with Crippen LogP contribution < -0.4 is 5.32 Å². The average Bonchev–Trinajstić information content (AvgIpc) is 3.10. The van der Waals surface area contributed by atoms with Gasteiger partial charge in [-0.1, -0.05) is 17.7 Å². The summed E-state index contributed by atoms with van der Waals surface area (Å²) in [6.07, 6.45) is 2.70. The van der Waals surface area contributed by atoms with E-state index < -0.39 is 10.0 Å². The van der Waals surface area contributed by atoms with Crippen LogP contribution in [0.1, 0.15) is 28.9 Å². The average molecular weight is 348 g/mol. The summed E-state index contributed by atoms with van der Waals surface area (Å²) in [5, 5.41) is 9.27. The second-order valence-corrected chi connectivity index (χ2v) is 7.87. The van der Waals surface area contributed by atoms with Crippen LogP contribution in [0.2, 0.25) is 0 Å². The van der Waals surface area contributed by atoms with Gasteiger partial charge in [-0.15, -0.1) is 0 Å². The molecule has 2 heterocycles. The molecule has 1 amide bonds. The maximum atomic E-state index is 12.6. The van der Waals surface area contributed by atoms with Gasteiger partial charge in [0.15, 0.2) is 0 Å². The zero-order valence-electron chi connectivity index (χ0n) is 13.4. The van der Waals surface area contributed by atoms with Crippen molar-refractivity contribution in [2.45, 2.75) is 30.7 Å². The van der Waals surface area contributed by atoms with Crippen LogP contribution in [0.25, 0.3) is 0 Å². The third-order valence-electron chi connectivity index (χ3n) is 4.19. The summed E-state index contributed by atoms with van der Waals surface area (Å²) < 4.78 is 26.8. The van der Waals surface area contributed by atoms with Crippen molar-refractivity contribution >= 4 is 15.9 Å². The van der Waals surface area contributed by atoms with Crippen LogP contribution in [0.3, 0.4) is 0 Å². The Balaban J connectivity index is 1.60. The number of hydrogen-bond acceptors (Lipinski definition) is 4. The smallest absolute Gasteiger partial charge is 0.269 e. The largest absolute Gasteiger partial charge is 0.348 e. The lowest BCUT2D eigenvalue weighted by molar-refractivity contribution is 0.0918. The number of piperidine rings is 1. The number of carbonyl (C=O) groups excluding carboxylic acids is 1. The highest BCUT2D eigenvalue weighted by Gasteiger charge is 2.30. The minimum absolute atomic E-state index is 0.0368. The van der Waals surface area contributed by atoms with Gasteiger partial charge in [-0.25, -0.2) is 8.42 Å². The zero-order valence-corrected chi connectivity index (χ0v) is 14.2. The molecule has 128 valence electrons. The predicted octanol–water partition coefficient (Wildman–Crippen LogP) is 1.30. The number of aromatic nitrogens is 2. The Morgan fingerprint density at radius 2 is 1.88 bits per heavy atom. The Bertz CT molecular complexity index is 792. The first-order valence-electron chi connectivity index (χ1n) is 7.84. The van der Waals surface area contributed by atoms with E-state index in [-0.39, 0.29) is 11.9 Å². The number of H-pyrrole nitrogens is 1. The Morgan fingerprint density at radius 3 is 2.46 bits per heavy atom. The van der Waals surface area contributed by atoms with Crippen molar-refractivity contribution in [1.29, 1.82) is 0 Å². The van der Waals surface area contributed by atoms with Crippen LogP contribution in [0.4, 0.5) is 0 Å². The number of aryl methyl sites for hydroxylation is 1. The second-order valence-electron chi connectivity index (χ2n) is 5.94. The molecule has 0 spiro atoms. The maximum Gasteiger partial charge on any atom is 0.269 e. The normalized spacial score (nSPS) is 16.9. The van der Waals surface area contributed by atoms with Crippen LogP contribution >= 0.6 is 0 Å². The number of sulfonamides is 1. The first-order valence-corrected chi connectivity index (χ1v) is 9.28. The predicted molar refractivity (Wildman–Crippen MR) is 89.0 cm³/mol. The molecule has 0 aliphatic carbocycles. The van der Waals surface area contributed by atoms with E-state index in [9.17, 15) is 13.2 Å². The third kappa shape index (κ3) is 3.49. The summed E-state index contributed by atoms with van der Waals surface area (Å²) in [4.78, 5) is 12.3. The van der Waals surface area contributed by atoms with Crippen LogP contribution in [-0.2, 0) is 10.0 Å². The van der Waals surface area contributed by atoms with Gasteiger partial charge < -0.3 is 5.32 Å². The number of benzene rings is 1. The van der Waals surface area contributed by atoms with Gasteiger partial charge in [0, 0.05) is 25.3 Å². The molecule has 0 radical (unpaired) electrons. The molecular formula is C16H20N4O3S. The maximum absolute atomic E-state index is 12.6. The standard InChI is InChI=1S/C16H20N4O3S/c1-12-2-4-14(5-3-12)24(22,23)20-10-7-13(8-11-20)18-16(21)15-6-9-17-19-15/h2-6,9,13H,7-8,10-11H2,1H3,(H,17,19)(H,18,21). The Morgan fingerprint density at radius 1 is 1.21 bits per heavy atom. The van der Waals surface area contributed by atoms with E-state index in [0.29, 0.717) is 36.5 Å². The number of nitrogens with zero attached hydrogens (tertiary/aromatic N) is 2. The molecule has 1 fully saturated rings. The van der Waals surface area contributed by atoms with Crippen molar-refractivity contribution in [3.8, 4) is 0 Å². The van der Waals surface area contributed by atoms with E-state index in [4.69, 9.17) is 0 Å². The molecule has 1 aliphatic rings. The molecule has 1 saturated heterocycles. The highest BCUT2D eigenvalue weighted by Crippen LogP contribution is 2.21. The molecule has 7 nitrogen and oxygen atoms in total. The fraction of sp³-hybridized carbons (Fsp3) is 0.375. The number of rotatable bonds is 4. The summed E-state index contributed by atoms with van der Waals surface area (Å²) in [5.74, 6) is -0.215. The van der Waals surface area contributed by atoms with Crippen molar-refractivity contribution in [1.82, 2.24) is 19.8 Å². The molecule has 0 saturated carbocycles. The molecule has 0 unspecified atom stereocenters. The molecule has 0 bridgehead atoms. The molecule has 2 aromatic rings. The quantitative estimate of drug-likeness (QED) is 0.871. The van der Waals surface area contributed by atoms with Crippen molar-refractivity contribution in [3.05, 3.63) is 47.8 Å². The number of nitrogens with one attached hydrogen (secondary N) is 2. The number of aromatic amines is 1. The van der Waals surface area contributed by atoms with E-state index in [2.05, 4.69) is 15.5 Å². The topological polar surface area (TPSA) is 95.2 Å². The summed E-state index contributed by atoms with van der Waals surface area (Å²) in [6, 6.07) is 8.43. The van der Waals surface area contributed by atoms with Crippen LogP contribution in [0.5, 0.6) is 0 Å². The molecule has 2 N–H and O–H groups in total. The van der Waals surface area contributed by atoms with Crippen LogP contribution in [0, 0.1) is 6.92 Å².